The number of likely N-dealkylation sites (tertiary alicyclic amines) is 1. The van der Waals surface area contributed by atoms with Crippen LogP contribution in [0.2, 0.25) is 5.02 Å². The summed E-state index contributed by atoms with van der Waals surface area (Å²) in [6.07, 6.45) is 1.60. The van der Waals surface area contributed by atoms with Crippen molar-refractivity contribution in [1.29, 1.82) is 0 Å². The fourth-order valence-corrected chi connectivity index (χ4v) is 3.09. The van der Waals surface area contributed by atoms with E-state index in [1.165, 1.54) is 0 Å². The van der Waals surface area contributed by atoms with Crippen LogP contribution in [0.4, 0.5) is 0 Å². The number of carbonyl (C=O) groups excluding carboxylic acids is 2. The lowest BCUT2D eigenvalue weighted by atomic mass is 9.96. The first-order valence-corrected chi connectivity index (χ1v) is 8.82. The number of H-pyrrole nitrogens is 2. The molecule has 0 aliphatic carbocycles. The summed E-state index contributed by atoms with van der Waals surface area (Å²) in [5.41, 5.74) is 0.683. The Morgan fingerprint density at radius 1 is 1.31 bits per heavy atom. The lowest BCUT2D eigenvalue weighted by Gasteiger charge is -2.32. The standard InChI is InChI=1S/C17H20ClN5O3/c18-13-4-1-11(2-5-13)7-8-23-10-12(3-6-15(23)24)16(25)19-9-14-20-17(26)22-21-14/h1-2,4-5,12H,3,6-10H2,(H,19,25)(H2,20,21,22,26)/t12-/m1/s1. The number of halogens is 1. The molecule has 1 aromatic carbocycles. The highest BCUT2D eigenvalue weighted by molar-refractivity contribution is 6.30. The number of hydrogen-bond acceptors (Lipinski definition) is 4. The molecule has 1 saturated heterocycles. The van der Waals surface area contributed by atoms with Crippen molar-refractivity contribution in [2.75, 3.05) is 13.1 Å². The predicted molar refractivity (Wildman–Crippen MR) is 95.5 cm³/mol. The predicted octanol–water partition coefficient (Wildman–Crippen LogP) is 0.849. The maximum Gasteiger partial charge on any atom is 0.340 e. The Kier molecular flexibility index (Phi) is 5.72. The minimum absolute atomic E-state index is 0.0691. The van der Waals surface area contributed by atoms with Gasteiger partial charge in [0.1, 0.15) is 5.82 Å². The molecular weight excluding hydrogens is 358 g/mol. The molecule has 1 atom stereocenters. The van der Waals surface area contributed by atoms with Gasteiger partial charge in [0.2, 0.25) is 11.8 Å². The molecule has 26 heavy (non-hydrogen) atoms. The van der Waals surface area contributed by atoms with Crippen LogP contribution in [0, 0.1) is 5.92 Å². The molecule has 0 bridgehead atoms. The number of hydrogen-bond donors (Lipinski definition) is 3. The highest BCUT2D eigenvalue weighted by Gasteiger charge is 2.29. The molecule has 0 unspecified atom stereocenters. The number of carbonyl (C=O) groups is 2. The first-order valence-electron chi connectivity index (χ1n) is 8.45. The summed E-state index contributed by atoms with van der Waals surface area (Å²) in [4.78, 5) is 39.7. The second kappa shape index (κ2) is 8.18. The minimum atomic E-state index is -0.411. The van der Waals surface area contributed by atoms with Crippen LogP contribution in [-0.2, 0) is 22.6 Å². The molecule has 8 nitrogen and oxygen atoms in total. The fourth-order valence-electron chi connectivity index (χ4n) is 2.96. The van der Waals surface area contributed by atoms with Gasteiger partial charge < -0.3 is 10.2 Å². The fraction of sp³-hybridized carbons (Fsp3) is 0.412. The summed E-state index contributed by atoms with van der Waals surface area (Å²) >= 11 is 5.88. The molecule has 138 valence electrons. The van der Waals surface area contributed by atoms with Crippen LogP contribution in [-0.4, -0.2) is 45.0 Å². The van der Waals surface area contributed by atoms with Crippen molar-refractivity contribution < 1.29 is 9.59 Å². The topological polar surface area (TPSA) is 111 Å². The molecule has 2 amide bonds. The molecule has 1 aromatic heterocycles. The third-order valence-corrected chi connectivity index (χ3v) is 4.69. The number of aromatic amines is 2. The van der Waals surface area contributed by atoms with Crippen molar-refractivity contribution in [2.45, 2.75) is 25.8 Å². The summed E-state index contributed by atoms with van der Waals surface area (Å²) in [6.45, 7) is 1.11. The van der Waals surface area contributed by atoms with Crippen molar-refractivity contribution in [3.05, 3.63) is 51.2 Å². The average Bonchev–Trinajstić information content (AvgIpc) is 3.05. The molecule has 1 aliphatic heterocycles. The summed E-state index contributed by atoms with van der Waals surface area (Å²) in [5, 5.41) is 9.43. The molecule has 0 spiro atoms. The molecule has 2 aromatic rings. The molecule has 9 heteroatoms. The summed E-state index contributed by atoms with van der Waals surface area (Å²) < 4.78 is 0. The summed E-state index contributed by atoms with van der Waals surface area (Å²) in [5.74, 6) is 0.0379. The third-order valence-electron chi connectivity index (χ3n) is 4.43. The van der Waals surface area contributed by atoms with Crippen LogP contribution < -0.4 is 11.0 Å². The Morgan fingerprint density at radius 2 is 2.08 bits per heavy atom. The lowest BCUT2D eigenvalue weighted by molar-refractivity contribution is -0.138. The quantitative estimate of drug-likeness (QED) is 0.692. The minimum Gasteiger partial charge on any atom is -0.349 e. The number of amides is 2. The summed E-state index contributed by atoms with van der Waals surface area (Å²) in [7, 11) is 0. The second-order valence-corrected chi connectivity index (χ2v) is 6.73. The van der Waals surface area contributed by atoms with Crippen molar-refractivity contribution in [1.82, 2.24) is 25.4 Å². The highest BCUT2D eigenvalue weighted by Crippen LogP contribution is 2.19. The smallest absolute Gasteiger partial charge is 0.340 e. The van der Waals surface area contributed by atoms with Crippen LogP contribution in [0.5, 0.6) is 0 Å². The molecule has 0 radical (unpaired) electrons. The number of nitrogens with one attached hydrogen (secondary N) is 3. The Labute approximate surface area is 154 Å². The van der Waals surface area contributed by atoms with E-state index in [1.807, 2.05) is 24.3 Å². The van der Waals surface area contributed by atoms with Crippen LogP contribution >= 0.6 is 11.6 Å². The lowest BCUT2D eigenvalue weighted by Crippen LogP contribution is -2.46. The van der Waals surface area contributed by atoms with Gasteiger partial charge in [-0.15, -0.1) is 0 Å². The van der Waals surface area contributed by atoms with Gasteiger partial charge in [0.25, 0.3) is 0 Å². The van der Waals surface area contributed by atoms with Gasteiger partial charge in [-0.05, 0) is 30.5 Å². The molecule has 1 aliphatic rings. The first kappa shape index (κ1) is 18.2. The third kappa shape index (κ3) is 4.72. The van der Waals surface area contributed by atoms with Gasteiger partial charge in [-0.3, -0.25) is 14.6 Å². The first-order chi connectivity index (χ1) is 12.5. The Balaban J connectivity index is 1.51. The van der Waals surface area contributed by atoms with E-state index in [-0.39, 0.29) is 24.3 Å². The van der Waals surface area contributed by atoms with Gasteiger partial charge in [-0.2, -0.15) is 5.10 Å². The van der Waals surface area contributed by atoms with Crippen LogP contribution in [0.25, 0.3) is 0 Å². The van der Waals surface area contributed by atoms with Gasteiger partial charge in [0, 0.05) is 24.5 Å². The molecule has 2 heterocycles. The van der Waals surface area contributed by atoms with E-state index in [4.69, 9.17) is 11.6 Å². The van der Waals surface area contributed by atoms with Gasteiger partial charge >= 0.3 is 5.69 Å². The maximum atomic E-state index is 12.3. The SMILES string of the molecule is O=C(NCc1n[nH]c(=O)[nH]1)[C@@H]1CCC(=O)N(CCc2ccc(Cl)cc2)C1. The van der Waals surface area contributed by atoms with Crippen molar-refractivity contribution >= 4 is 23.4 Å². The van der Waals surface area contributed by atoms with Crippen LogP contribution in [0.1, 0.15) is 24.2 Å². The van der Waals surface area contributed by atoms with E-state index in [1.54, 1.807) is 4.90 Å². The van der Waals surface area contributed by atoms with Gasteiger partial charge in [0.15, 0.2) is 0 Å². The molecule has 0 saturated carbocycles. The molecule has 3 rings (SSSR count). The van der Waals surface area contributed by atoms with Crippen LogP contribution in [0.15, 0.2) is 29.1 Å². The van der Waals surface area contributed by atoms with Gasteiger partial charge in [-0.1, -0.05) is 23.7 Å². The monoisotopic (exact) mass is 377 g/mol. The van der Waals surface area contributed by atoms with E-state index < -0.39 is 5.69 Å². The van der Waals surface area contributed by atoms with E-state index >= 15 is 0 Å². The van der Waals surface area contributed by atoms with E-state index in [0.29, 0.717) is 43.2 Å². The van der Waals surface area contributed by atoms with Crippen molar-refractivity contribution in [3.8, 4) is 0 Å². The van der Waals surface area contributed by atoms with Crippen LogP contribution in [0.3, 0.4) is 0 Å². The zero-order valence-electron chi connectivity index (χ0n) is 14.1. The maximum absolute atomic E-state index is 12.3. The van der Waals surface area contributed by atoms with E-state index in [0.717, 1.165) is 5.56 Å². The number of aromatic nitrogens is 3. The Hall–Kier alpha value is -2.61. The van der Waals surface area contributed by atoms with Gasteiger partial charge in [0.05, 0.1) is 12.5 Å². The Morgan fingerprint density at radius 3 is 2.77 bits per heavy atom. The highest BCUT2D eigenvalue weighted by atomic mass is 35.5. The zero-order chi connectivity index (χ0) is 18.5. The second-order valence-electron chi connectivity index (χ2n) is 6.29. The van der Waals surface area contributed by atoms with E-state index in [2.05, 4.69) is 20.5 Å². The molecular formula is C17H20ClN5O3. The Bertz CT molecular complexity index is 829. The number of nitrogens with zero attached hydrogens (tertiary/aromatic N) is 2. The number of rotatable bonds is 6. The van der Waals surface area contributed by atoms with Crippen molar-refractivity contribution in [3.63, 3.8) is 0 Å². The summed E-state index contributed by atoms with van der Waals surface area (Å²) in [6, 6.07) is 7.52. The van der Waals surface area contributed by atoms with Crippen molar-refractivity contribution in [2.24, 2.45) is 5.92 Å². The number of benzene rings is 1. The van der Waals surface area contributed by atoms with Gasteiger partial charge in [-0.25, -0.2) is 9.89 Å². The van der Waals surface area contributed by atoms with E-state index in [9.17, 15) is 14.4 Å². The largest absolute Gasteiger partial charge is 0.349 e. The molecule has 1 fully saturated rings. The normalized spacial score (nSPS) is 17.3. The molecule has 3 N–H and O–H groups in total. The number of piperidine rings is 1. The average molecular weight is 378 g/mol. The zero-order valence-corrected chi connectivity index (χ0v) is 14.9.